The second kappa shape index (κ2) is 10.4. The van der Waals surface area contributed by atoms with Crippen LogP contribution in [0.2, 0.25) is 0 Å². The van der Waals surface area contributed by atoms with E-state index in [0.29, 0.717) is 0 Å². The number of para-hydroxylation sites is 2. The summed E-state index contributed by atoms with van der Waals surface area (Å²) in [5, 5.41) is 11.6. The second-order valence-electron chi connectivity index (χ2n) is 13.2. The van der Waals surface area contributed by atoms with Crippen LogP contribution in [-0.2, 0) is 0 Å². The monoisotopic (exact) mass is 636 g/mol. The minimum Gasteiger partial charge on any atom is -0.455 e. The van der Waals surface area contributed by atoms with E-state index in [9.17, 15) is 0 Å². The van der Waals surface area contributed by atoms with Gasteiger partial charge in [0.05, 0.1) is 5.56 Å². The lowest BCUT2D eigenvalue weighted by Crippen LogP contribution is -1.92. The van der Waals surface area contributed by atoms with E-state index >= 15 is 0 Å². The normalized spacial score (nSPS) is 12.0. The summed E-state index contributed by atoms with van der Waals surface area (Å²) >= 11 is 0. The minimum atomic E-state index is 0.846. The molecule has 0 spiro atoms. The molecule has 0 amide bonds. The maximum absolute atomic E-state index is 6.79. The van der Waals surface area contributed by atoms with Crippen LogP contribution in [0, 0.1) is 0 Å². The van der Waals surface area contributed by atoms with Gasteiger partial charge in [-0.1, -0.05) is 146 Å². The van der Waals surface area contributed by atoms with E-state index in [-0.39, 0.29) is 0 Å². The van der Waals surface area contributed by atoms with Gasteiger partial charge in [0.2, 0.25) is 0 Å². The Kier molecular flexibility index (Phi) is 5.70. The summed E-state index contributed by atoms with van der Waals surface area (Å²) in [7, 11) is 0. The largest absolute Gasteiger partial charge is 0.455 e. The third-order valence-electron chi connectivity index (χ3n) is 10.4. The predicted molar refractivity (Wildman–Crippen MR) is 210 cm³/mol. The summed E-state index contributed by atoms with van der Waals surface area (Å²) in [6.07, 6.45) is 0. The van der Waals surface area contributed by atoms with Gasteiger partial charge in [0.1, 0.15) is 22.3 Å². The molecule has 50 heavy (non-hydrogen) atoms. The third-order valence-corrected chi connectivity index (χ3v) is 10.4. The van der Waals surface area contributed by atoms with Crippen molar-refractivity contribution in [2.45, 2.75) is 0 Å². The van der Waals surface area contributed by atoms with Crippen molar-refractivity contribution < 1.29 is 8.83 Å². The molecule has 11 rings (SSSR count). The van der Waals surface area contributed by atoms with Gasteiger partial charge < -0.3 is 8.83 Å². The second-order valence-corrected chi connectivity index (χ2v) is 13.2. The first-order chi connectivity index (χ1) is 24.8. The average Bonchev–Trinajstić information content (AvgIpc) is 3.74. The fourth-order valence-electron chi connectivity index (χ4n) is 8.29. The van der Waals surface area contributed by atoms with Gasteiger partial charge in [-0.25, -0.2) is 0 Å². The zero-order valence-corrected chi connectivity index (χ0v) is 27.0. The maximum atomic E-state index is 6.79. The van der Waals surface area contributed by atoms with Crippen molar-refractivity contribution in [3.8, 4) is 33.4 Å². The fourth-order valence-corrected chi connectivity index (χ4v) is 8.29. The zero-order valence-electron chi connectivity index (χ0n) is 27.0. The highest BCUT2D eigenvalue weighted by Gasteiger charge is 2.25. The van der Waals surface area contributed by atoms with Crippen LogP contribution < -0.4 is 0 Å². The molecule has 2 heterocycles. The molecule has 2 nitrogen and oxygen atoms in total. The molecule has 11 aromatic rings. The van der Waals surface area contributed by atoms with Crippen LogP contribution in [0.25, 0.3) is 110 Å². The maximum Gasteiger partial charge on any atom is 0.147 e. The molecule has 0 aliphatic rings. The lowest BCUT2D eigenvalue weighted by Gasteiger charge is -2.18. The van der Waals surface area contributed by atoms with Crippen molar-refractivity contribution in [2.75, 3.05) is 0 Å². The highest BCUT2D eigenvalue weighted by Crippen LogP contribution is 2.50. The number of hydrogen-bond acceptors (Lipinski definition) is 2. The van der Waals surface area contributed by atoms with Gasteiger partial charge in [-0.15, -0.1) is 0 Å². The average molecular weight is 637 g/mol. The lowest BCUT2D eigenvalue weighted by molar-refractivity contribution is 0.658. The van der Waals surface area contributed by atoms with E-state index in [1.165, 1.54) is 43.8 Å². The topological polar surface area (TPSA) is 26.3 Å². The predicted octanol–water partition coefficient (Wildman–Crippen LogP) is 13.9. The number of fused-ring (bicyclic) bond motifs is 9. The summed E-state index contributed by atoms with van der Waals surface area (Å²) in [6, 6.07) is 60.8. The highest BCUT2D eigenvalue weighted by molar-refractivity contribution is 6.29. The van der Waals surface area contributed by atoms with Crippen molar-refractivity contribution in [3.63, 3.8) is 0 Å². The SMILES string of the molecule is c1cc(-c2cccc3ccccc23)cc(-c2c3ccccc3c(-c3c4oc5ccccc5c4cc4c3oc3ccccc34)c3ccccc23)c1. The van der Waals surface area contributed by atoms with Crippen LogP contribution in [0.3, 0.4) is 0 Å². The summed E-state index contributed by atoms with van der Waals surface area (Å²) in [5.41, 5.74) is 10.4. The molecule has 0 atom stereocenters. The van der Waals surface area contributed by atoms with Crippen LogP contribution in [-0.4, -0.2) is 0 Å². The minimum absolute atomic E-state index is 0.846. The molecule has 2 heteroatoms. The standard InChI is InChI=1S/C48H28O2/c1-2-17-32-29(13-1)14-12-24-33(32)30-15-11-16-31(27-30)44-36-20-3-5-22-38(36)45(39-23-6-4-21-37(39)44)46-47-40(34-18-7-9-25-42(34)49-47)28-41-35-19-8-10-26-43(35)50-48(41)46/h1-28H. The summed E-state index contributed by atoms with van der Waals surface area (Å²) in [5.74, 6) is 0. The Hall–Kier alpha value is -6.64. The van der Waals surface area contributed by atoms with Crippen molar-refractivity contribution in [3.05, 3.63) is 170 Å². The van der Waals surface area contributed by atoms with Crippen molar-refractivity contribution in [2.24, 2.45) is 0 Å². The van der Waals surface area contributed by atoms with Crippen LogP contribution in [0.5, 0.6) is 0 Å². The van der Waals surface area contributed by atoms with E-state index in [2.05, 4.69) is 158 Å². The van der Waals surface area contributed by atoms with Gasteiger partial charge in [-0.3, -0.25) is 0 Å². The number of furan rings is 2. The Morgan fingerprint density at radius 3 is 1.36 bits per heavy atom. The highest BCUT2D eigenvalue weighted by atomic mass is 16.3. The van der Waals surface area contributed by atoms with E-state index in [4.69, 9.17) is 8.83 Å². The molecule has 0 saturated heterocycles. The molecule has 0 unspecified atom stereocenters. The van der Waals surface area contributed by atoms with E-state index in [1.807, 2.05) is 12.1 Å². The summed E-state index contributed by atoms with van der Waals surface area (Å²) in [4.78, 5) is 0. The number of rotatable bonds is 3. The first kappa shape index (κ1) is 27.3. The molecule has 0 N–H and O–H groups in total. The summed E-state index contributed by atoms with van der Waals surface area (Å²) in [6.45, 7) is 0. The fraction of sp³-hybridized carbons (Fsp3) is 0. The molecular formula is C48H28O2. The molecule has 232 valence electrons. The Bertz CT molecular complexity index is 3010. The molecule has 2 aromatic heterocycles. The van der Waals surface area contributed by atoms with Crippen molar-refractivity contribution >= 4 is 76.2 Å². The molecule has 0 radical (unpaired) electrons. The smallest absolute Gasteiger partial charge is 0.147 e. The summed E-state index contributed by atoms with van der Waals surface area (Å²) < 4.78 is 13.6. The molecule has 9 aromatic carbocycles. The number of benzene rings is 9. The van der Waals surface area contributed by atoms with Crippen molar-refractivity contribution in [1.29, 1.82) is 0 Å². The van der Waals surface area contributed by atoms with Gasteiger partial charge in [-0.2, -0.15) is 0 Å². The van der Waals surface area contributed by atoms with Crippen LogP contribution in [0.15, 0.2) is 179 Å². The van der Waals surface area contributed by atoms with Gasteiger partial charge in [-0.05, 0) is 78.8 Å². The van der Waals surface area contributed by atoms with E-state index in [0.717, 1.165) is 65.8 Å². The molecule has 0 aliphatic heterocycles. The molecular weight excluding hydrogens is 609 g/mol. The first-order valence-electron chi connectivity index (χ1n) is 17.1. The van der Waals surface area contributed by atoms with Gasteiger partial charge in [0.25, 0.3) is 0 Å². The van der Waals surface area contributed by atoms with Crippen LogP contribution in [0.1, 0.15) is 0 Å². The first-order valence-corrected chi connectivity index (χ1v) is 17.1. The molecule has 0 aliphatic carbocycles. The van der Waals surface area contributed by atoms with Crippen LogP contribution in [0.4, 0.5) is 0 Å². The Balaban J connectivity index is 1.28. The van der Waals surface area contributed by atoms with Crippen LogP contribution >= 0.6 is 0 Å². The van der Waals surface area contributed by atoms with Crippen molar-refractivity contribution in [1.82, 2.24) is 0 Å². The van der Waals surface area contributed by atoms with E-state index in [1.54, 1.807) is 0 Å². The van der Waals surface area contributed by atoms with E-state index < -0.39 is 0 Å². The molecule has 0 fully saturated rings. The van der Waals surface area contributed by atoms with Gasteiger partial charge in [0.15, 0.2) is 0 Å². The lowest BCUT2D eigenvalue weighted by atomic mass is 9.84. The zero-order chi connectivity index (χ0) is 32.8. The van der Waals surface area contributed by atoms with Gasteiger partial charge in [0, 0.05) is 27.1 Å². The van der Waals surface area contributed by atoms with Gasteiger partial charge >= 0.3 is 0 Å². The quantitative estimate of drug-likeness (QED) is 0.180. The third kappa shape index (κ3) is 3.85. The Labute approximate surface area is 287 Å². The number of hydrogen-bond donors (Lipinski definition) is 0. The molecule has 0 saturated carbocycles. The Morgan fingerprint density at radius 1 is 0.280 bits per heavy atom. The molecule has 0 bridgehead atoms. The Morgan fingerprint density at radius 2 is 0.740 bits per heavy atom.